The first-order chi connectivity index (χ1) is 14.6. The maximum Gasteiger partial charge on any atom is 0.341 e. The Morgan fingerprint density at radius 3 is 2.47 bits per heavy atom. The number of carbonyl (C=O) groups is 1. The molecule has 0 heterocycles. The van der Waals surface area contributed by atoms with Crippen LogP contribution in [0.4, 0.5) is 0 Å². The number of carboxylic acid groups (broad SMARTS) is 1. The summed E-state index contributed by atoms with van der Waals surface area (Å²) in [5.74, 6) is 1.31. The minimum atomic E-state index is -0.991. The summed E-state index contributed by atoms with van der Waals surface area (Å²) in [6, 6.07) is 14.0. The average molecular weight is 433 g/mol. The van der Waals surface area contributed by atoms with E-state index >= 15 is 0 Å². The third kappa shape index (κ3) is 9.09. The SMILES string of the molecule is COc1cc(OCC(=O)O)c(C)cc1SCCCCCCCOCc1ccccc1. The molecule has 0 aromatic heterocycles. The standard InChI is InChI=1S/C24H32O5S/c1-19-15-23(22(27-2)16-21(19)29-18-24(25)26)30-14-10-5-3-4-9-13-28-17-20-11-7-6-8-12-20/h6-8,11-12,15-16H,3-5,9-10,13-14,17-18H2,1-2H3,(H,25,26). The van der Waals surface area contributed by atoms with Gasteiger partial charge in [-0.1, -0.05) is 49.6 Å². The van der Waals surface area contributed by atoms with E-state index in [1.54, 1.807) is 24.9 Å². The van der Waals surface area contributed by atoms with Crippen LogP contribution in [0.5, 0.6) is 11.5 Å². The van der Waals surface area contributed by atoms with E-state index in [1.807, 2.05) is 31.2 Å². The minimum absolute atomic E-state index is 0.353. The van der Waals surface area contributed by atoms with Crippen molar-refractivity contribution in [3.63, 3.8) is 0 Å². The number of hydrogen-bond donors (Lipinski definition) is 1. The third-order valence-electron chi connectivity index (χ3n) is 4.61. The molecule has 5 nitrogen and oxygen atoms in total. The van der Waals surface area contributed by atoms with Crippen LogP contribution in [0.25, 0.3) is 0 Å². The molecule has 2 aromatic carbocycles. The van der Waals surface area contributed by atoms with Crippen LogP contribution in [0.1, 0.15) is 43.2 Å². The summed E-state index contributed by atoms with van der Waals surface area (Å²) in [5, 5.41) is 8.77. The summed E-state index contributed by atoms with van der Waals surface area (Å²) in [6.07, 6.45) is 5.86. The number of thioether (sulfide) groups is 1. The topological polar surface area (TPSA) is 65.0 Å². The van der Waals surface area contributed by atoms with Gasteiger partial charge in [0, 0.05) is 17.6 Å². The van der Waals surface area contributed by atoms with Gasteiger partial charge in [-0.3, -0.25) is 0 Å². The van der Waals surface area contributed by atoms with E-state index in [0.29, 0.717) is 12.4 Å². The molecule has 0 unspecified atom stereocenters. The van der Waals surface area contributed by atoms with Gasteiger partial charge in [-0.25, -0.2) is 4.79 Å². The lowest BCUT2D eigenvalue weighted by Crippen LogP contribution is -2.10. The molecule has 30 heavy (non-hydrogen) atoms. The van der Waals surface area contributed by atoms with Crippen molar-refractivity contribution < 1.29 is 24.1 Å². The second kappa shape index (κ2) is 13.9. The summed E-state index contributed by atoms with van der Waals surface area (Å²) < 4.78 is 16.5. The second-order valence-electron chi connectivity index (χ2n) is 7.11. The van der Waals surface area contributed by atoms with Crippen molar-refractivity contribution in [1.82, 2.24) is 0 Å². The molecule has 0 spiro atoms. The van der Waals surface area contributed by atoms with E-state index in [2.05, 4.69) is 12.1 Å². The fourth-order valence-corrected chi connectivity index (χ4v) is 4.11. The van der Waals surface area contributed by atoms with Gasteiger partial charge in [-0.05, 0) is 42.7 Å². The highest BCUT2D eigenvalue weighted by Gasteiger charge is 2.11. The van der Waals surface area contributed by atoms with E-state index in [0.717, 1.165) is 41.4 Å². The number of methoxy groups -OCH3 is 1. The molecule has 0 saturated heterocycles. The predicted molar refractivity (Wildman–Crippen MR) is 121 cm³/mol. The molecule has 0 aliphatic carbocycles. The molecule has 0 aliphatic rings. The lowest BCUT2D eigenvalue weighted by Gasteiger charge is -2.13. The van der Waals surface area contributed by atoms with Crippen LogP contribution in [0, 0.1) is 6.92 Å². The zero-order valence-electron chi connectivity index (χ0n) is 17.9. The summed E-state index contributed by atoms with van der Waals surface area (Å²) >= 11 is 1.77. The largest absolute Gasteiger partial charge is 0.495 e. The quantitative estimate of drug-likeness (QED) is 0.287. The average Bonchev–Trinajstić information content (AvgIpc) is 2.75. The maximum absolute atomic E-state index is 10.7. The van der Waals surface area contributed by atoms with Crippen LogP contribution in [-0.4, -0.2) is 37.2 Å². The molecule has 0 bridgehead atoms. The van der Waals surface area contributed by atoms with E-state index in [9.17, 15) is 4.79 Å². The van der Waals surface area contributed by atoms with Crippen LogP contribution < -0.4 is 9.47 Å². The molecule has 6 heteroatoms. The van der Waals surface area contributed by atoms with Crippen molar-refractivity contribution in [3.05, 3.63) is 53.6 Å². The highest BCUT2D eigenvalue weighted by atomic mass is 32.2. The van der Waals surface area contributed by atoms with E-state index in [-0.39, 0.29) is 6.61 Å². The molecule has 0 aliphatic heterocycles. The van der Waals surface area contributed by atoms with Crippen LogP contribution in [0.2, 0.25) is 0 Å². The van der Waals surface area contributed by atoms with E-state index in [4.69, 9.17) is 19.3 Å². The molecule has 0 radical (unpaired) electrons. The van der Waals surface area contributed by atoms with Gasteiger partial charge in [0.15, 0.2) is 6.61 Å². The molecule has 0 saturated carbocycles. The molecular formula is C24H32O5S. The van der Waals surface area contributed by atoms with E-state index in [1.165, 1.54) is 24.8 Å². The number of unbranched alkanes of at least 4 members (excludes halogenated alkanes) is 4. The van der Waals surface area contributed by atoms with Gasteiger partial charge in [0.05, 0.1) is 13.7 Å². The van der Waals surface area contributed by atoms with Gasteiger partial charge in [0.2, 0.25) is 0 Å². The Balaban J connectivity index is 1.58. The summed E-state index contributed by atoms with van der Waals surface area (Å²) in [5.41, 5.74) is 2.14. The number of aliphatic carboxylic acids is 1. The van der Waals surface area contributed by atoms with Crippen LogP contribution in [-0.2, 0) is 16.1 Å². The lowest BCUT2D eigenvalue weighted by molar-refractivity contribution is -0.139. The minimum Gasteiger partial charge on any atom is -0.495 e. The first-order valence-corrected chi connectivity index (χ1v) is 11.4. The smallest absolute Gasteiger partial charge is 0.341 e. The van der Waals surface area contributed by atoms with Crippen molar-refractivity contribution in [2.75, 3.05) is 26.1 Å². The first kappa shape index (κ1) is 24.1. The number of aryl methyl sites for hydroxylation is 1. The van der Waals surface area contributed by atoms with Gasteiger partial charge in [-0.2, -0.15) is 0 Å². The Morgan fingerprint density at radius 2 is 1.73 bits per heavy atom. The van der Waals surface area contributed by atoms with Crippen LogP contribution in [0.15, 0.2) is 47.4 Å². The Morgan fingerprint density at radius 1 is 1.00 bits per heavy atom. The van der Waals surface area contributed by atoms with Crippen molar-refractivity contribution >= 4 is 17.7 Å². The van der Waals surface area contributed by atoms with Gasteiger partial charge in [0.25, 0.3) is 0 Å². The summed E-state index contributed by atoms with van der Waals surface area (Å²) in [4.78, 5) is 11.8. The molecule has 1 N–H and O–H groups in total. The zero-order valence-corrected chi connectivity index (χ0v) is 18.7. The Kier molecular flexibility index (Phi) is 11.2. The molecular weight excluding hydrogens is 400 g/mol. The Hall–Kier alpha value is -2.18. The zero-order chi connectivity index (χ0) is 21.6. The Labute approximate surface area is 183 Å². The van der Waals surface area contributed by atoms with Crippen molar-refractivity contribution in [1.29, 1.82) is 0 Å². The number of rotatable bonds is 15. The van der Waals surface area contributed by atoms with Crippen molar-refractivity contribution in [2.45, 2.75) is 50.5 Å². The number of hydrogen-bond acceptors (Lipinski definition) is 5. The van der Waals surface area contributed by atoms with Crippen molar-refractivity contribution in [3.8, 4) is 11.5 Å². The molecule has 2 rings (SSSR count). The highest BCUT2D eigenvalue weighted by Crippen LogP contribution is 2.35. The molecule has 0 fully saturated rings. The monoisotopic (exact) mass is 432 g/mol. The predicted octanol–water partition coefficient (Wildman–Crippen LogP) is 5.73. The lowest BCUT2D eigenvalue weighted by atomic mass is 10.2. The molecule has 2 aromatic rings. The van der Waals surface area contributed by atoms with Crippen molar-refractivity contribution in [2.24, 2.45) is 0 Å². The fourth-order valence-electron chi connectivity index (χ4n) is 2.99. The number of ether oxygens (including phenoxy) is 3. The van der Waals surface area contributed by atoms with Gasteiger partial charge in [0.1, 0.15) is 11.5 Å². The van der Waals surface area contributed by atoms with Gasteiger partial charge < -0.3 is 19.3 Å². The van der Waals surface area contributed by atoms with Gasteiger partial charge >= 0.3 is 5.97 Å². The molecule has 0 atom stereocenters. The van der Waals surface area contributed by atoms with Crippen LogP contribution in [0.3, 0.4) is 0 Å². The normalized spacial score (nSPS) is 10.7. The number of benzene rings is 2. The van der Waals surface area contributed by atoms with Crippen LogP contribution >= 0.6 is 11.8 Å². The third-order valence-corrected chi connectivity index (χ3v) is 5.74. The molecule has 0 amide bonds. The molecule has 164 valence electrons. The second-order valence-corrected chi connectivity index (χ2v) is 8.24. The highest BCUT2D eigenvalue weighted by molar-refractivity contribution is 7.99. The first-order valence-electron chi connectivity index (χ1n) is 10.4. The maximum atomic E-state index is 10.7. The van der Waals surface area contributed by atoms with E-state index < -0.39 is 5.97 Å². The Bertz CT molecular complexity index is 764. The summed E-state index contributed by atoms with van der Waals surface area (Å²) in [7, 11) is 1.62. The number of carboxylic acids is 1. The van der Waals surface area contributed by atoms with Gasteiger partial charge in [-0.15, -0.1) is 11.8 Å². The fraction of sp³-hybridized carbons (Fsp3) is 0.458. The summed E-state index contributed by atoms with van der Waals surface area (Å²) in [6.45, 7) is 3.07.